The number of benzene rings is 1. The van der Waals surface area contributed by atoms with Crippen molar-refractivity contribution in [3.8, 4) is 0 Å². The first-order chi connectivity index (χ1) is 11.9. The van der Waals surface area contributed by atoms with Gasteiger partial charge in [0.1, 0.15) is 11.0 Å². The molecule has 0 unspecified atom stereocenters. The van der Waals surface area contributed by atoms with E-state index >= 15 is 0 Å². The lowest BCUT2D eigenvalue weighted by Crippen LogP contribution is -2.36. The summed E-state index contributed by atoms with van der Waals surface area (Å²) >= 11 is 0. The molecule has 1 aromatic heterocycles. The fraction of sp³-hybridized carbons (Fsp3) is 0.529. The molecule has 1 atom stereocenters. The van der Waals surface area contributed by atoms with E-state index in [1.807, 2.05) is 37.2 Å². The van der Waals surface area contributed by atoms with Gasteiger partial charge in [0, 0.05) is 39.6 Å². The molecule has 1 aliphatic rings. The monoisotopic (exact) mass is 345 g/mol. The third-order valence-corrected chi connectivity index (χ3v) is 4.50. The summed E-state index contributed by atoms with van der Waals surface area (Å²) in [6, 6.07) is 5.58. The Morgan fingerprint density at radius 3 is 2.80 bits per heavy atom. The lowest BCUT2D eigenvalue weighted by Gasteiger charge is -2.22. The van der Waals surface area contributed by atoms with E-state index in [0.717, 1.165) is 12.1 Å². The van der Waals surface area contributed by atoms with E-state index in [1.165, 1.54) is 0 Å². The van der Waals surface area contributed by atoms with Crippen LogP contribution >= 0.6 is 0 Å². The minimum Gasteiger partial charge on any atom is -0.341 e. The summed E-state index contributed by atoms with van der Waals surface area (Å²) in [7, 11) is 5.71. The first kappa shape index (κ1) is 17.3. The van der Waals surface area contributed by atoms with Crippen molar-refractivity contribution in [2.45, 2.75) is 13.0 Å². The Morgan fingerprint density at radius 2 is 2.04 bits per heavy atom. The summed E-state index contributed by atoms with van der Waals surface area (Å²) < 4.78 is 4.69. The quantitative estimate of drug-likeness (QED) is 0.762. The van der Waals surface area contributed by atoms with Crippen molar-refractivity contribution in [2.24, 2.45) is 5.92 Å². The molecule has 0 N–H and O–H groups in total. The van der Waals surface area contributed by atoms with E-state index in [9.17, 15) is 9.59 Å². The largest absolute Gasteiger partial charge is 0.341 e. The summed E-state index contributed by atoms with van der Waals surface area (Å²) in [6.45, 7) is 2.43. The second kappa shape index (κ2) is 7.18. The highest BCUT2D eigenvalue weighted by Crippen LogP contribution is 2.21. The molecule has 3 rings (SSSR count). The van der Waals surface area contributed by atoms with Gasteiger partial charge in [-0.05, 0) is 42.1 Å². The Labute approximate surface area is 146 Å². The van der Waals surface area contributed by atoms with Crippen LogP contribution < -0.4 is 0 Å². The Balaban J connectivity index is 1.59. The molecular weight excluding hydrogens is 322 g/mol. The molecule has 1 aliphatic heterocycles. The van der Waals surface area contributed by atoms with Crippen LogP contribution in [-0.2, 0) is 16.1 Å². The first-order valence-corrected chi connectivity index (χ1v) is 8.32. The molecule has 0 bridgehead atoms. The Kier molecular flexibility index (Phi) is 4.98. The number of carbonyl (C=O) groups excluding carboxylic acids is 2. The van der Waals surface area contributed by atoms with Crippen molar-refractivity contribution in [3.05, 3.63) is 23.8 Å². The molecule has 8 heteroatoms. The molecule has 134 valence electrons. The zero-order chi connectivity index (χ0) is 18.0. The number of hydrogen-bond acceptors (Lipinski definition) is 6. The van der Waals surface area contributed by atoms with E-state index in [0.29, 0.717) is 37.1 Å². The number of hydrogen-bond donors (Lipinski definition) is 0. The fourth-order valence-electron chi connectivity index (χ4n) is 3.06. The molecule has 2 amide bonds. The van der Waals surface area contributed by atoms with Crippen molar-refractivity contribution in [2.75, 3.05) is 40.8 Å². The number of likely N-dealkylation sites (N-methyl/N-ethyl adjacent to an activating group) is 1. The van der Waals surface area contributed by atoms with Gasteiger partial charge >= 0.3 is 0 Å². The van der Waals surface area contributed by atoms with Gasteiger partial charge in [-0.2, -0.15) is 0 Å². The van der Waals surface area contributed by atoms with Crippen molar-refractivity contribution in [3.63, 3.8) is 0 Å². The molecule has 25 heavy (non-hydrogen) atoms. The maximum Gasteiger partial charge on any atom is 0.228 e. The Morgan fingerprint density at radius 1 is 1.28 bits per heavy atom. The number of fused-ring (bicyclic) bond motifs is 1. The maximum atomic E-state index is 12.7. The fourth-order valence-corrected chi connectivity index (χ4v) is 3.06. The number of rotatable bonds is 6. The van der Waals surface area contributed by atoms with E-state index < -0.39 is 0 Å². The predicted molar refractivity (Wildman–Crippen MR) is 91.5 cm³/mol. The normalized spacial score (nSPS) is 17.7. The van der Waals surface area contributed by atoms with E-state index in [2.05, 4.69) is 14.9 Å². The first-order valence-electron chi connectivity index (χ1n) is 8.32. The van der Waals surface area contributed by atoms with Crippen LogP contribution in [0.1, 0.15) is 12.0 Å². The van der Waals surface area contributed by atoms with Crippen LogP contribution in [0.5, 0.6) is 0 Å². The van der Waals surface area contributed by atoms with Gasteiger partial charge in [0.15, 0.2) is 0 Å². The number of nitrogens with zero attached hydrogens (tertiary/aromatic N) is 5. The Hall–Kier alpha value is -2.48. The number of amides is 2. The topological polar surface area (TPSA) is 82.8 Å². The van der Waals surface area contributed by atoms with E-state index in [4.69, 9.17) is 0 Å². The number of likely N-dealkylation sites (tertiary alicyclic amines) is 1. The van der Waals surface area contributed by atoms with Crippen LogP contribution in [0.2, 0.25) is 0 Å². The van der Waals surface area contributed by atoms with Crippen LogP contribution in [0.15, 0.2) is 22.8 Å². The zero-order valence-corrected chi connectivity index (χ0v) is 14.8. The van der Waals surface area contributed by atoms with E-state index in [1.54, 1.807) is 16.8 Å². The summed E-state index contributed by atoms with van der Waals surface area (Å²) in [4.78, 5) is 30.3. The molecule has 2 aromatic rings. The van der Waals surface area contributed by atoms with Crippen molar-refractivity contribution >= 4 is 22.8 Å². The third kappa shape index (κ3) is 3.96. The molecule has 0 radical (unpaired) electrons. The van der Waals surface area contributed by atoms with Crippen LogP contribution in [0, 0.1) is 5.92 Å². The summed E-state index contributed by atoms with van der Waals surface area (Å²) in [5, 5.41) is 7.59. The lowest BCUT2D eigenvalue weighted by atomic mass is 10.1. The Bertz CT molecular complexity index is 772. The highest BCUT2D eigenvalue weighted by molar-refractivity contribution is 5.89. The van der Waals surface area contributed by atoms with Crippen LogP contribution in [0.4, 0.5) is 0 Å². The molecule has 1 aromatic carbocycles. The van der Waals surface area contributed by atoms with Crippen molar-refractivity contribution in [1.82, 2.24) is 25.0 Å². The second-order valence-electron chi connectivity index (χ2n) is 6.83. The second-order valence-corrected chi connectivity index (χ2v) is 6.83. The van der Waals surface area contributed by atoms with Crippen molar-refractivity contribution < 1.29 is 14.2 Å². The molecule has 0 saturated carbocycles. The van der Waals surface area contributed by atoms with Gasteiger partial charge in [-0.1, -0.05) is 6.07 Å². The summed E-state index contributed by atoms with van der Waals surface area (Å²) in [6.07, 6.45) is 0.294. The van der Waals surface area contributed by atoms with Crippen LogP contribution in [-0.4, -0.2) is 77.6 Å². The van der Waals surface area contributed by atoms with Gasteiger partial charge in [-0.3, -0.25) is 9.59 Å². The summed E-state index contributed by atoms with van der Waals surface area (Å²) in [5.41, 5.74) is 2.31. The number of aromatic nitrogens is 2. The molecule has 8 nitrogen and oxygen atoms in total. The number of carbonyl (C=O) groups is 2. The highest BCUT2D eigenvalue weighted by atomic mass is 16.6. The molecular formula is C17H23N5O3. The smallest absolute Gasteiger partial charge is 0.228 e. The van der Waals surface area contributed by atoms with Gasteiger partial charge in [-0.25, -0.2) is 4.63 Å². The van der Waals surface area contributed by atoms with Gasteiger partial charge in [-0.15, -0.1) is 0 Å². The average Bonchev–Trinajstić information content (AvgIpc) is 3.18. The minimum atomic E-state index is -0.267. The van der Waals surface area contributed by atoms with Crippen LogP contribution in [0.3, 0.4) is 0 Å². The molecule has 0 spiro atoms. The molecule has 1 saturated heterocycles. The molecule has 0 aliphatic carbocycles. The minimum absolute atomic E-state index is 0.000854. The lowest BCUT2D eigenvalue weighted by molar-refractivity contribution is -0.135. The van der Waals surface area contributed by atoms with Crippen LogP contribution in [0.25, 0.3) is 11.0 Å². The molecule has 2 heterocycles. The standard InChI is InChI=1S/C17H23N5O3/c1-20(2)6-7-22-11-13(9-16(22)23)17(24)21(3)10-12-4-5-14-15(8-12)19-25-18-14/h4-5,8,13H,6-7,9-11H2,1-3H3/t13-/m0/s1. The zero-order valence-electron chi connectivity index (χ0n) is 14.8. The highest BCUT2D eigenvalue weighted by Gasteiger charge is 2.35. The average molecular weight is 345 g/mol. The third-order valence-electron chi connectivity index (χ3n) is 4.50. The molecule has 1 fully saturated rings. The van der Waals surface area contributed by atoms with E-state index in [-0.39, 0.29) is 17.7 Å². The SMILES string of the molecule is CN(C)CCN1C[C@@H](C(=O)N(C)Cc2ccc3nonc3c2)CC1=O. The van der Waals surface area contributed by atoms with Gasteiger partial charge in [0.25, 0.3) is 0 Å². The van der Waals surface area contributed by atoms with Gasteiger partial charge in [0.2, 0.25) is 11.8 Å². The van der Waals surface area contributed by atoms with Crippen molar-refractivity contribution in [1.29, 1.82) is 0 Å². The predicted octanol–water partition coefficient (Wildman–Crippen LogP) is 0.591. The van der Waals surface area contributed by atoms with Gasteiger partial charge < -0.3 is 14.7 Å². The maximum absolute atomic E-state index is 12.7. The van der Waals surface area contributed by atoms with Gasteiger partial charge in [0.05, 0.1) is 5.92 Å². The summed E-state index contributed by atoms with van der Waals surface area (Å²) in [5.74, 6) is -0.208.